The lowest BCUT2D eigenvalue weighted by Gasteiger charge is -2.31. The molecule has 0 aromatic heterocycles. The van der Waals surface area contributed by atoms with Gasteiger partial charge in [0.15, 0.2) is 0 Å². The molecule has 2 aliphatic heterocycles. The van der Waals surface area contributed by atoms with E-state index in [-0.39, 0.29) is 36.1 Å². The van der Waals surface area contributed by atoms with Crippen LogP contribution in [0.15, 0.2) is 53.6 Å². The molecule has 2 amide bonds. The van der Waals surface area contributed by atoms with Gasteiger partial charge in [-0.1, -0.05) is 42.0 Å². The Balaban J connectivity index is 1.35. The van der Waals surface area contributed by atoms with E-state index in [0.717, 1.165) is 54.9 Å². The number of hydrogen-bond donors (Lipinski definition) is 0. The van der Waals surface area contributed by atoms with E-state index >= 15 is 0 Å². The van der Waals surface area contributed by atoms with E-state index in [1.807, 2.05) is 31.2 Å². The van der Waals surface area contributed by atoms with Gasteiger partial charge in [0.2, 0.25) is 5.91 Å². The number of ether oxygens (including phenoxy) is 1. The third kappa shape index (κ3) is 5.82. The number of carbonyl (C=O) groups is 2. The van der Waals surface area contributed by atoms with Crippen molar-refractivity contribution in [3.63, 3.8) is 0 Å². The summed E-state index contributed by atoms with van der Waals surface area (Å²) in [5.41, 5.74) is 3.66. The van der Waals surface area contributed by atoms with E-state index in [0.29, 0.717) is 26.2 Å². The number of halogens is 1. The van der Waals surface area contributed by atoms with E-state index < -0.39 is 0 Å². The molecule has 2 heterocycles. The highest BCUT2D eigenvalue weighted by atomic mass is 19.1. The van der Waals surface area contributed by atoms with Gasteiger partial charge in [-0.3, -0.25) is 14.5 Å². The second kappa shape index (κ2) is 10.9. The maximum atomic E-state index is 13.7. The predicted octanol–water partition coefficient (Wildman–Crippen LogP) is 3.38. The number of hydrogen-bond acceptors (Lipinski definition) is 5. The van der Waals surface area contributed by atoms with Gasteiger partial charge < -0.3 is 9.64 Å². The summed E-state index contributed by atoms with van der Waals surface area (Å²) in [6.07, 6.45) is 2.32. The monoisotopic (exact) mass is 492 g/mol. The molecule has 2 aromatic carbocycles. The molecule has 0 radical (unpaired) electrons. The highest BCUT2D eigenvalue weighted by molar-refractivity contribution is 6.03. The number of amides is 2. The van der Waals surface area contributed by atoms with Gasteiger partial charge in [0.05, 0.1) is 25.0 Å². The van der Waals surface area contributed by atoms with Crippen LogP contribution in [-0.2, 0) is 14.3 Å². The highest BCUT2D eigenvalue weighted by Gasteiger charge is 2.37. The summed E-state index contributed by atoms with van der Waals surface area (Å²) in [5, 5.41) is 6.24. The molecule has 1 saturated carbocycles. The van der Waals surface area contributed by atoms with Crippen LogP contribution in [0.1, 0.15) is 42.0 Å². The first-order chi connectivity index (χ1) is 17.5. The number of hydrazone groups is 1. The Morgan fingerprint density at radius 1 is 1.06 bits per heavy atom. The number of morpholine rings is 1. The minimum absolute atomic E-state index is 0.00221. The summed E-state index contributed by atoms with van der Waals surface area (Å²) in [4.78, 5) is 30.7. The van der Waals surface area contributed by atoms with Crippen molar-refractivity contribution in [3.8, 4) is 0 Å². The fourth-order valence-corrected chi connectivity index (χ4v) is 4.78. The summed E-state index contributed by atoms with van der Waals surface area (Å²) in [5.74, 6) is -0.416. The topological polar surface area (TPSA) is 65.5 Å². The lowest BCUT2D eigenvalue weighted by atomic mass is 9.97. The predicted molar refractivity (Wildman–Crippen MR) is 135 cm³/mol. The van der Waals surface area contributed by atoms with Crippen molar-refractivity contribution in [2.75, 3.05) is 45.9 Å². The molecule has 0 unspecified atom stereocenters. The van der Waals surface area contributed by atoms with E-state index in [1.54, 1.807) is 17.0 Å². The minimum atomic E-state index is -0.310. The third-order valence-corrected chi connectivity index (χ3v) is 7.16. The number of benzene rings is 2. The second-order valence-electron chi connectivity index (χ2n) is 9.91. The fourth-order valence-electron chi connectivity index (χ4n) is 4.78. The van der Waals surface area contributed by atoms with E-state index in [1.165, 1.54) is 17.1 Å². The zero-order chi connectivity index (χ0) is 25.1. The van der Waals surface area contributed by atoms with Crippen molar-refractivity contribution in [2.45, 2.75) is 32.2 Å². The normalized spacial score (nSPS) is 20.3. The Bertz CT molecular complexity index is 1110. The zero-order valence-electron chi connectivity index (χ0n) is 20.7. The average molecular weight is 493 g/mol. The highest BCUT2D eigenvalue weighted by Crippen LogP contribution is 2.34. The van der Waals surface area contributed by atoms with Crippen molar-refractivity contribution >= 4 is 17.5 Å². The average Bonchev–Trinajstić information content (AvgIpc) is 3.66. The van der Waals surface area contributed by atoms with Gasteiger partial charge >= 0.3 is 0 Å². The molecule has 0 bridgehead atoms. The van der Waals surface area contributed by atoms with Gasteiger partial charge in [0.25, 0.3) is 5.91 Å². The van der Waals surface area contributed by atoms with Gasteiger partial charge in [-0.2, -0.15) is 5.10 Å². The van der Waals surface area contributed by atoms with Crippen LogP contribution in [0.3, 0.4) is 0 Å². The Morgan fingerprint density at radius 2 is 1.75 bits per heavy atom. The van der Waals surface area contributed by atoms with E-state index in [4.69, 9.17) is 9.84 Å². The van der Waals surface area contributed by atoms with Crippen LogP contribution >= 0.6 is 0 Å². The number of aryl methyl sites for hydroxylation is 1. The van der Waals surface area contributed by atoms with Crippen LogP contribution in [0.2, 0.25) is 0 Å². The first kappa shape index (κ1) is 24.6. The molecule has 8 heteroatoms. The first-order valence-electron chi connectivity index (χ1n) is 12.8. The minimum Gasteiger partial charge on any atom is -0.379 e. The number of carbonyl (C=O) groups excluding carboxylic acids is 2. The Morgan fingerprint density at radius 3 is 2.42 bits per heavy atom. The lowest BCUT2D eigenvalue weighted by molar-refractivity contribution is -0.142. The maximum Gasteiger partial charge on any atom is 0.262 e. The van der Waals surface area contributed by atoms with Gasteiger partial charge in [-0.25, -0.2) is 9.40 Å². The summed E-state index contributed by atoms with van der Waals surface area (Å²) in [6, 6.07) is 14.0. The Kier molecular flexibility index (Phi) is 7.43. The first-order valence-corrected chi connectivity index (χ1v) is 12.8. The molecule has 5 rings (SSSR count). The van der Waals surface area contributed by atoms with Crippen molar-refractivity contribution in [2.24, 2.45) is 11.0 Å². The largest absolute Gasteiger partial charge is 0.379 e. The smallest absolute Gasteiger partial charge is 0.262 e. The maximum absolute atomic E-state index is 13.7. The van der Waals surface area contributed by atoms with Crippen LogP contribution in [0.5, 0.6) is 0 Å². The Labute approximate surface area is 211 Å². The van der Waals surface area contributed by atoms with Crippen molar-refractivity contribution < 1.29 is 18.7 Å². The van der Waals surface area contributed by atoms with E-state index in [2.05, 4.69) is 4.90 Å². The summed E-state index contributed by atoms with van der Waals surface area (Å²) < 4.78 is 18.9. The molecule has 1 aliphatic carbocycles. The molecule has 1 atom stereocenters. The molecule has 0 spiro atoms. The zero-order valence-corrected chi connectivity index (χ0v) is 20.7. The Hall–Kier alpha value is -3.10. The standard InChI is InChI=1S/C28H33FN4O3/c1-20-2-4-22(5-3-20)26-18-25(21-8-10-24(29)11-9-21)30-33(26)27(34)19-32(28(35)23-6-7-23)13-12-31-14-16-36-17-15-31/h2-5,8-11,23,26H,6-7,12-19H2,1H3/t26-/m0/s1. The summed E-state index contributed by atoms with van der Waals surface area (Å²) in [7, 11) is 0. The lowest BCUT2D eigenvalue weighted by Crippen LogP contribution is -2.47. The third-order valence-electron chi connectivity index (χ3n) is 7.16. The van der Waals surface area contributed by atoms with Crippen molar-refractivity contribution in [1.29, 1.82) is 0 Å². The quantitative estimate of drug-likeness (QED) is 0.567. The molecular formula is C28H33FN4O3. The molecular weight excluding hydrogens is 459 g/mol. The van der Waals surface area contributed by atoms with Crippen LogP contribution in [-0.4, -0.2) is 78.3 Å². The molecule has 190 valence electrons. The number of rotatable bonds is 8. The molecule has 7 nitrogen and oxygen atoms in total. The molecule has 3 aliphatic rings. The van der Waals surface area contributed by atoms with Crippen LogP contribution in [0, 0.1) is 18.7 Å². The van der Waals surface area contributed by atoms with Crippen LogP contribution in [0.25, 0.3) is 0 Å². The van der Waals surface area contributed by atoms with Gasteiger partial charge in [-0.05, 0) is 43.0 Å². The van der Waals surface area contributed by atoms with Crippen molar-refractivity contribution in [1.82, 2.24) is 14.8 Å². The van der Waals surface area contributed by atoms with E-state index in [9.17, 15) is 14.0 Å². The second-order valence-corrected chi connectivity index (χ2v) is 9.91. The molecule has 1 saturated heterocycles. The van der Waals surface area contributed by atoms with Gasteiger partial charge in [0.1, 0.15) is 12.4 Å². The summed E-state index contributed by atoms with van der Waals surface area (Å²) >= 11 is 0. The molecule has 2 fully saturated rings. The van der Waals surface area contributed by atoms with Gasteiger partial charge in [0, 0.05) is 38.5 Å². The fraction of sp³-hybridized carbons (Fsp3) is 0.464. The summed E-state index contributed by atoms with van der Waals surface area (Å²) in [6.45, 7) is 6.34. The number of nitrogens with zero attached hydrogens (tertiary/aromatic N) is 4. The van der Waals surface area contributed by atoms with Crippen molar-refractivity contribution in [3.05, 3.63) is 71.0 Å². The molecule has 36 heavy (non-hydrogen) atoms. The van der Waals surface area contributed by atoms with Gasteiger partial charge in [-0.15, -0.1) is 0 Å². The molecule has 2 aromatic rings. The SMILES string of the molecule is Cc1ccc([C@@H]2CC(c3ccc(F)cc3)=NN2C(=O)CN(CCN2CCOCC2)C(=O)C2CC2)cc1. The molecule has 0 N–H and O–H groups in total. The van der Waals surface area contributed by atoms with Crippen LogP contribution < -0.4 is 0 Å². The van der Waals surface area contributed by atoms with Crippen LogP contribution in [0.4, 0.5) is 4.39 Å².